The molecule has 3 heterocycles. The number of likely N-dealkylation sites (N-methyl/N-ethyl adjacent to an activating group) is 1. The summed E-state index contributed by atoms with van der Waals surface area (Å²) in [6.45, 7) is 5.82. The minimum atomic E-state index is -0.874. The number of hydrogen-bond acceptors (Lipinski definition) is 7. The first-order valence-electron chi connectivity index (χ1n) is 14.0. The maximum Gasteiger partial charge on any atom is 0.281 e. The Hall–Kier alpha value is -4.87. The Morgan fingerprint density at radius 3 is 2.43 bits per heavy atom. The lowest BCUT2D eigenvalue weighted by Gasteiger charge is -2.35. The molecule has 0 aliphatic carbocycles. The number of anilines is 1. The lowest BCUT2D eigenvalue weighted by molar-refractivity contribution is -0.136. The van der Waals surface area contributed by atoms with Crippen molar-refractivity contribution in [2.75, 3.05) is 12.4 Å². The van der Waals surface area contributed by atoms with E-state index in [1.165, 1.54) is 22.7 Å². The van der Waals surface area contributed by atoms with E-state index in [0.29, 0.717) is 22.3 Å². The van der Waals surface area contributed by atoms with Gasteiger partial charge < -0.3 is 15.5 Å². The number of benzene rings is 3. The third kappa shape index (κ3) is 5.84. The van der Waals surface area contributed by atoms with E-state index in [1.54, 1.807) is 36.2 Å². The lowest BCUT2D eigenvalue weighted by atomic mass is 10.0. The van der Waals surface area contributed by atoms with E-state index in [1.807, 2.05) is 91.5 Å². The molecule has 9 nitrogen and oxygen atoms in total. The Balaban J connectivity index is 1.22. The number of imidazole rings is 1. The monoisotopic (exact) mass is 622 g/mol. The van der Waals surface area contributed by atoms with E-state index in [9.17, 15) is 14.4 Å². The van der Waals surface area contributed by atoms with Crippen LogP contribution in [0.2, 0.25) is 0 Å². The van der Waals surface area contributed by atoms with Crippen molar-refractivity contribution >= 4 is 61.3 Å². The second kappa shape index (κ2) is 11.7. The Labute approximate surface area is 262 Å². The smallest absolute Gasteiger partial charge is 0.281 e. The largest absolute Gasteiger partial charge is 0.339 e. The molecular weight excluding hydrogens is 593 g/mol. The number of carbonyl (C=O) groups excluding carboxylic acids is 3. The average Bonchev–Trinajstić information content (AvgIpc) is 3.74. The zero-order valence-electron chi connectivity index (χ0n) is 24.6. The number of thiazole rings is 2. The van der Waals surface area contributed by atoms with Gasteiger partial charge in [-0.25, -0.2) is 9.97 Å². The number of aromatic nitrogens is 3. The molecule has 0 spiro atoms. The van der Waals surface area contributed by atoms with Crippen molar-refractivity contribution in [3.63, 3.8) is 0 Å². The van der Waals surface area contributed by atoms with Crippen LogP contribution in [-0.2, 0) is 4.79 Å². The summed E-state index contributed by atoms with van der Waals surface area (Å²) in [7, 11) is 1.73. The first kappa shape index (κ1) is 29.2. The van der Waals surface area contributed by atoms with E-state index in [0.717, 1.165) is 20.9 Å². The van der Waals surface area contributed by atoms with Gasteiger partial charge in [-0.15, -0.1) is 22.7 Å². The fraction of sp³-hybridized carbons (Fsp3) is 0.182. The Bertz CT molecular complexity index is 1980. The summed E-state index contributed by atoms with van der Waals surface area (Å²) in [5, 5.41) is 8.06. The highest BCUT2D eigenvalue weighted by Crippen LogP contribution is 2.29. The van der Waals surface area contributed by atoms with Crippen molar-refractivity contribution in [1.82, 2.24) is 24.6 Å². The highest BCUT2D eigenvalue weighted by Gasteiger charge is 2.32. The molecule has 0 saturated heterocycles. The molecule has 44 heavy (non-hydrogen) atoms. The molecule has 0 aliphatic heterocycles. The molecule has 3 aromatic carbocycles. The van der Waals surface area contributed by atoms with Crippen LogP contribution in [0.25, 0.3) is 26.4 Å². The van der Waals surface area contributed by atoms with Gasteiger partial charge in [-0.2, -0.15) is 0 Å². The number of hydrogen-bond donors (Lipinski definition) is 2. The summed E-state index contributed by atoms with van der Waals surface area (Å²) in [4.78, 5) is 52.0. The molecule has 0 bridgehead atoms. The van der Waals surface area contributed by atoms with Gasteiger partial charge in [-0.1, -0.05) is 48.5 Å². The third-order valence-electron chi connectivity index (χ3n) is 7.37. The second-order valence-electron chi connectivity index (χ2n) is 11.3. The number of rotatable bonds is 7. The van der Waals surface area contributed by atoms with Gasteiger partial charge in [0.2, 0.25) is 5.91 Å². The highest BCUT2D eigenvalue weighted by molar-refractivity contribution is 7.20. The summed E-state index contributed by atoms with van der Waals surface area (Å²) >= 11 is 2.73. The average molecular weight is 623 g/mol. The zero-order valence-corrected chi connectivity index (χ0v) is 26.2. The van der Waals surface area contributed by atoms with E-state index in [4.69, 9.17) is 0 Å². The van der Waals surface area contributed by atoms with Crippen LogP contribution in [0.1, 0.15) is 52.5 Å². The van der Waals surface area contributed by atoms with E-state index >= 15 is 0 Å². The first-order chi connectivity index (χ1) is 21.1. The second-order valence-corrected chi connectivity index (χ2v) is 13.2. The van der Waals surface area contributed by atoms with E-state index in [-0.39, 0.29) is 16.8 Å². The molecule has 0 saturated carbocycles. The molecule has 222 valence electrons. The fourth-order valence-electron chi connectivity index (χ4n) is 4.71. The quantitative estimate of drug-likeness (QED) is 0.207. The maximum atomic E-state index is 13.5. The summed E-state index contributed by atoms with van der Waals surface area (Å²) < 4.78 is 2.66. The Morgan fingerprint density at radius 1 is 0.932 bits per heavy atom. The summed E-state index contributed by atoms with van der Waals surface area (Å²) in [5.41, 5.74) is 3.40. The van der Waals surface area contributed by atoms with Crippen molar-refractivity contribution in [1.29, 1.82) is 0 Å². The molecule has 2 N–H and O–H groups in total. The Kier molecular flexibility index (Phi) is 7.74. The molecule has 1 atom stereocenters. The van der Waals surface area contributed by atoms with Crippen LogP contribution >= 0.6 is 22.7 Å². The van der Waals surface area contributed by atoms with Gasteiger partial charge in [0.1, 0.15) is 6.04 Å². The molecule has 0 unspecified atom stereocenters. The van der Waals surface area contributed by atoms with Crippen LogP contribution in [0.3, 0.4) is 0 Å². The van der Waals surface area contributed by atoms with Crippen molar-refractivity contribution in [2.24, 2.45) is 0 Å². The molecule has 11 heteroatoms. The van der Waals surface area contributed by atoms with Gasteiger partial charge in [-0.3, -0.25) is 18.8 Å². The minimum absolute atomic E-state index is 0.223. The molecule has 0 fully saturated rings. The van der Waals surface area contributed by atoms with Crippen molar-refractivity contribution in [3.05, 3.63) is 107 Å². The number of carbonyl (C=O) groups is 3. The molecule has 6 rings (SSSR count). The van der Waals surface area contributed by atoms with Crippen molar-refractivity contribution in [2.45, 2.75) is 32.4 Å². The summed E-state index contributed by atoms with van der Waals surface area (Å²) in [6, 6.07) is 21.0. The SMILES string of the molecule is CN(C(=O)[C@@H](NC(=O)c1nc2ccc(NC(=O)c3ccccc3-c3cn4ccsc4n3)cc2s1)c1ccccc1)C(C)(C)C. The molecule has 6 aromatic rings. The van der Waals surface area contributed by atoms with Gasteiger partial charge in [0.15, 0.2) is 9.97 Å². The van der Waals surface area contributed by atoms with Crippen molar-refractivity contribution < 1.29 is 14.4 Å². The normalized spacial score (nSPS) is 12.3. The van der Waals surface area contributed by atoms with Crippen LogP contribution in [0.4, 0.5) is 5.69 Å². The van der Waals surface area contributed by atoms with Gasteiger partial charge in [0.25, 0.3) is 11.8 Å². The molecule has 0 aliphatic rings. The van der Waals surface area contributed by atoms with E-state index < -0.39 is 17.5 Å². The van der Waals surface area contributed by atoms with Gasteiger partial charge in [0, 0.05) is 47.2 Å². The molecular formula is C33H30N6O3S2. The van der Waals surface area contributed by atoms with Gasteiger partial charge >= 0.3 is 0 Å². The summed E-state index contributed by atoms with van der Waals surface area (Å²) in [6.07, 6.45) is 3.84. The summed E-state index contributed by atoms with van der Waals surface area (Å²) in [5.74, 6) is -0.944. The van der Waals surface area contributed by atoms with Crippen LogP contribution in [0.5, 0.6) is 0 Å². The molecule has 3 amide bonds. The maximum absolute atomic E-state index is 13.5. The van der Waals surface area contributed by atoms with Crippen molar-refractivity contribution in [3.8, 4) is 11.3 Å². The Morgan fingerprint density at radius 2 is 1.68 bits per heavy atom. The predicted molar refractivity (Wildman–Crippen MR) is 175 cm³/mol. The van der Waals surface area contributed by atoms with E-state index in [2.05, 4.69) is 20.6 Å². The topological polar surface area (TPSA) is 109 Å². The zero-order chi connectivity index (χ0) is 31.0. The fourth-order valence-corrected chi connectivity index (χ4v) is 6.32. The molecule has 3 aromatic heterocycles. The van der Waals surface area contributed by atoms with Crippen LogP contribution in [-0.4, -0.2) is 49.6 Å². The lowest BCUT2D eigenvalue weighted by Crippen LogP contribution is -2.48. The van der Waals surface area contributed by atoms with Crippen LogP contribution in [0.15, 0.2) is 90.6 Å². The predicted octanol–water partition coefficient (Wildman–Crippen LogP) is 6.65. The molecule has 0 radical (unpaired) electrons. The third-order valence-corrected chi connectivity index (χ3v) is 9.16. The number of nitrogens with zero attached hydrogens (tertiary/aromatic N) is 4. The van der Waals surface area contributed by atoms with Crippen LogP contribution < -0.4 is 10.6 Å². The highest BCUT2D eigenvalue weighted by atomic mass is 32.1. The van der Waals surface area contributed by atoms with Crippen LogP contribution in [0, 0.1) is 0 Å². The van der Waals surface area contributed by atoms with Gasteiger partial charge in [0.05, 0.1) is 15.9 Å². The number of amides is 3. The standard InChI is InChI=1S/C33H30N6O3S2/c1-33(2,3)38(4)31(42)27(20-10-6-5-7-11-20)37-29(41)30-35-24-15-14-21(18-26(24)44-30)34-28(40)23-13-9-8-12-22(23)25-19-39-16-17-43-32(39)36-25/h5-19,27H,1-4H3,(H,34,40)(H,37,41)/t27-/m0/s1. The number of fused-ring (bicyclic) bond motifs is 2. The van der Waals surface area contributed by atoms with Gasteiger partial charge in [-0.05, 0) is 50.6 Å². The number of nitrogens with one attached hydrogen (secondary N) is 2. The minimum Gasteiger partial charge on any atom is -0.339 e. The first-order valence-corrected chi connectivity index (χ1v) is 15.6.